The van der Waals surface area contributed by atoms with Crippen LogP contribution in [0.2, 0.25) is 0 Å². The van der Waals surface area contributed by atoms with Gasteiger partial charge >= 0.3 is 17.8 Å². The monoisotopic (exact) mass is 351 g/mol. The smallest absolute Gasteiger partial charge is 0.334 e. The Morgan fingerprint density at radius 1 is 1.42 bits per heavy atom. The second kappa shape index (κ2) is 6.51. The Morgan fingerprint density at radius 2 is 2.17 bits per heavy atom. The van der Waals surface area contributed by atoms with E-state index in [-0.39, 0.29) is 11.5 Å². The van der Waals surface area contributed by atoms with Crippen molar-refractivity contribution in [2.45, 2.75) is 38.0 Å². The average molecular weight is 351 g/mol. The van der Waals surface area contributed by atoms with E-state index in [0.717, 1.165) is 49.3 Å². The van der Waals surface area contributed by atoms with E-state index in [4.69, 9.17) is 5.73 Å². The first-order valence-electron chi connectivity index (χ1n) is 8.16. The molecular weight excluding hydrogens is 330 g/mol. The predicted octanol–water partition coefficient (Wildman–Crippen LogP) is 0.779. The quantitative estimate of drug-likeness (QED) is 0.645. The molecule has 8 heteroatoms. The first-order chi connectivity index (χ1) is 11.4. The Hall–Kier alpha value is -1.96. The maximum Gasteiger partial charge on any atom is 0.334 e. The Kier molecular flexibility index (Phi) is 4.58. The summed E-state index contributed by atoms with van der Waals surface area (Å²) in [6, 6.07) is 0. The van der Waals surface area contributed by atoms with Crippen LogP contribution in [-0.2, 0) is 14.4 Å². The number of nitrogens with one attached hydrogen (secondary N) is 1. The Morgan fingerprint density at radius 3 is 2.79 bits per heavy atom. The maximum absolute atomic E-state index is 11.9. The normalized spacial score (nSPS) is 25.6. The van der Waals surface area contributed by atoms with Crippen LogP contribution in [0.25, 0.3) is 0 Å². The molecule has 3 aliphatic heterocycles. The molecule has 2 unspecified atom stereocenters. The van der Waals surface area contributed by atoms with E-state index in [1.807, 2.05) is 0 Å². The van der Waals surface area contributed by atoms with Crippen LogP contribution in [0, 0.1) is 5.92 Å². The average Bonchev–Trinajstić information content (AvgIpc) is 2.91. The van der Waals surface area contributed by atoms with Crippen LogP contribution >= 0.6 is 11.8 Å². The van der Waals surface area contributed by atoms with E-state index >= 15 is 0 Å². The van der Waals surface area contributed by atoms with Gasteiger partial charge in [0.05, 0.1) is 5.57 Å². The Labute approximate surface area is 144 Å². The molecule has 0 aromatic carbocycles. The number of nitrogens with zero attached hydrogens (tertiary/aromatic N) is 1. The lowest BCUT2D eigenvalue weighted by atomic mass is 9.82. The fourth-order valence-electron chi connectivity index (χ4n) is 3.76. The number of thioether (sulfide) groups is 1. The zero-order valence-corrected chi connectivity index (χ0v) is 14.3. The van der Waals surface area contributed by atoms with Gasteiger partial charge in [0.2, 0.25) is 0 Å². The second-order valence-corrected chi connectivity index (χ2v) is 7.39. The largest absolute Gasteiger partial charge is 0.478 e. The van der Waals surface area contributed by atoms with Crippen LogP contribution in [0.3, 0.4) is 0 Å². The number of carboxylic acids is 1. The number of fused-ring (bicyclic) bond motifs is 4. The summed E-state index contributed by atoms with van der Waals surface area (Å²) in [5, 5.41) is 11.4. The summed E-state index contributed by atoms with van der Waals surface area (Å²) in [5.41, 5.74) is 7.22. The molecule has 0 aromatic heterocycles. The Bertz CT molecular complexity index is 670. The van der Waals surface area contributed by atoms with Gasteiger partial charge in [0.1, 0.15) is 5.37 Å². The molecule has 7 nitrogen and oxygen atoms in total. The van der Waals surface area contributed by atoms with Gasteiger partial charge in [-0.15, -0.1) is 0 Å². The number of piperidine rings is 1. The van der Waals surface area contributed by atoms with E-state index in [2.05, 4.69) is 17.1 Å². The van der Waals surface area contributed by atoms with Crippen LogP contribution in [0.15, 0.2) is 21.7 Å². The zero-order valence-electron chi connectivity index (χ0n) is 13.5. The third-order valence-corrected chi connectivity index (χ3v) is 5.99. The fraction of sp³-hybridized carbons (Fsp3) is 0.562. The molecule has 4 N–H and O–H groups in total. The molecule has 0 aliphatic carbocycles. The van der Waals surface area contributed by atoms with Gasteiger partial charge in [0.15, 0.2) is 0 Å². The zero-order chi connectivity index (χ0) is 17.4. The number of aliphatic carboxylic acids is 1. The molecule has 3 rings (SSSR count). The molecule has 0 radical (unpaired) electrons. The molecule has 0 aromatic rings. The van der Waals surface area contributed by atoms with Crippen molar-refractivity contribution in [1.29, 1.82) is 0 Å². The summed E-state index contributed by atoms with van der Waals surface area (Å²) in [6.45, 7) is 3.92. The summed E-state index contributed by atoms with van der Waals surface area (Å²) in [4.78, 5) is 37.9. The van der Waals surface area contributed by atoms with Gasteiger partial charge in [-0.2, -0.15) is 0 Å². The molecule has 2 bridgehead atoms. The third kappa shape index (κ3) is 2.79. The summed E-state index contributed by atoms with van der Waals surface area (Å²) in [5.74, 6) is -2.93. The molecule has 3 aliphatic rings. The number of nitrogens with two attached hydrogens (primary N) is 1. The van der Waals surface area contributed by atoms with Crippen molar-refractivity contribution < 1.29 is 19.5 Å². The van der Waals surface area contributed by atoms with E-state index < -0.39 is 23.2 Å². The topological polar surface area (TPSA) is 113 Å². The molecule has 2 amide bonds. The number of primary amides is 1. The number of hydrogen-bond donors (Lipinski definition) is 3. The number of rotatable bonds is 4. The predicted molar refractivity (Wildman–Crippen MR) is 89.6 cm³/mol. The lowest BCUT2D eigenvalue weighted by Gasteiger charge is -2.42. The second-order valence-electron chi connectivity index (χ2n) is 6.28. The van der Waals surface area contributed by atoms with Gasteiger partial charge in [0.25, 0.3) is 0 Å². The van der Waals surface area contributed by atoms with Gasteiger partial charge in [0, 0.05) is 29.6 Å². The number of carbonyl (C=O) groups excluding carboxylic acids is 2. The van der Waals surface area contributed by atoms with E-state index in [9.17, 15) is 19.5 Å². The van der Waals surface area contributed by atoms with Gasteiger partial charge in [-0.25, -0.2) is 4.79 Å². The number of amides is 2. The van der Waals surface area contributed by atoms with Crippen molar-refractivity contribution in [2.24, 2.45) is 11.7 Å². The highest BCUT2D eigenvalue weighted by atomic mass is 32.2. The highest BCUT2D eigenvalue weighted by Gasteiger charge is 2.44. The minimum absolute atomic E-state index is 0.170. The summed E-state index contributed by atoms with van der Waals surface area (Å²) in [7, 11) is 0. The molecule has 1 fully saturated rings. The first kappa shape index (κ1) is 16.9. The van der Waals surface area contributed by atoms with Crippen LogP contribution in [0.1, 0.15) is 32.6 Å². The highest BCUT2D eigenvalue weighted by molar-refractivity contribution is 8.04. The fourth-order valence-corrected chi connectivity index (χ4v) is 5.28. The van der Waals surface area contributed by atoms with Gasteiger partial charge < -0.3 is 21.1 Å². The van der Waals surface area contributed by atoms with E-state index in [1.165, 1.54) is 17.5 Å². The lowest BCUT2D eigenvalue weighted by molar-refractivity contribution is -0.137. The van der Waals surface area contributed by atoms with Gasteiger partial charge in [-0.1, -0.05) is 25.1 Å². The lowest BCUT2D eigenvalue weighted by Crippen LogP contribution is -2.42. The molecule has 1 saturated heterocycles. The molecule has 3 heterocycles. The number of carboxylic acid groups (broad SMARTS) is 1. The highest BCUT2D eigenvalue weighted by Crippen LogP contribution is 2.52. The summed E-state index contributed by atoms with van der Waals surface area (Å²) < 4.78 is 0. The van der Waals surface area contributed by atoms with E-state index in [1.54, 1.807) is 0 Å². The first-order valence-corrected chi connectivity index (χ1v) is 9.04. The molecular formula is C16H21N3O4S. The minimum atomic E-state index is -1.11. The Balaban J connectivity index is 2.06. The third-order valence-electron chi connectivity index (χ3n) is 4.71. The number of hydrogen-bond acceptors (Lipinski definition) is 5. The molecule has 0 saturated carbocycles. The van der Waals surface area contributed by atoms with Crippen molar-refractivity contribution in [3.63, 3.8) is 0 Å². The molecule has 24 heavy (non-hydrogen) atoms. The molecule has 2 atom stereocenters. The summed E-state index contributed by atoms with van der Waals surface area (Å²) >= 11 is 1.32. The minimum Gasteiger partial charge on any atom is -0.478 e. The van der Waals surface area contributed by atoms with Crippen molar-refractivity contribution in [2.75, 3.05) is 13.1 Å². The van der Waals surface area contributed by atoms with Gasteiger partial charge in [-0.3, -0.25) is 9.59 Å². The van der Waals surface area contributed by atoms with Crippen molar-refractivity contribution in [1.82, 2.24) is 10.2 Å². The summed E-state index contributed by atoms with van der Waals surface area (Å²) in [6.07, 6.45) is 3.82. The van der Waals surface area contributed by atoms with E-state index in [0.29, 0.717) is 0 Å². The standard InChI is InChI=1S/C16H21N3O4S/c1-2-4-9-12-10(8-5-3-6-19(9)7-8)11(16(22)23)15(24-12)18-14(21)13(17)20/h8,15H,2-7H2,1H3,(H2,17,20)(H,18,21)(H,22,23). The van der Waals surface area contributed by atoms with Crippen molar-refractivity contribution in [3.05, 3.63) is 21.7 Å². The SMILES string of the molecule is CCCC1=C2SC(NC(=O)C(N)=O)C(C(=O)O)=C2C2CCCN1C2. The number of allylic oxidation sites excluding steroid dienone is 2. The van der Waals surface area contributed by atoms with Gasteiger partial charge in [-0.05, 0) is 24.8 Å². The maximum atomic E-state index is 11.9. The van der Waals surface area contributed by atoms with Crippen molar-refractivity contribution in [3.8, 4) is 0 Å². The number of carbonyl (C=O) groups is 3. The molecule has 0 spiro atoms. The van der Waals surface area contributed by atoms with Crippen LogP contribution < -0.4 is 11.1 Å². The van der Waals surface area contributed by atoms with Crippen LogP contribution in [0.4, 0.5) is 0 Å². The van der Waals surface area contributed by atoms with Crippen LogP contribution in [0.5, 0.6) is 0 Å². The molecule has 130 valence electrons. The van der Waals surface area contributed by atoms with Crippen LogP contribution in [-0.4, -0.2) is 46.3 Å². The van der Waals surface area contributed by atoms with Crippen molar-refractivity contribution >= 4 is 29.5 Å².